The summed E-state index contributed by atoms with van der Waals surface area (Å²) in [6.07, 6.45) is 6.75. The first-order chi connectivity index (χ1) is 13.2. The predicted molar refractivity (Wildman–Crippen MR) is 128 cm³/mol. The number of benzene rings is 1. The smallest absolute Gasteiger partial charge is 0.193 e. The monoisotopic (exact) mass is 498 g/mol. The number of aliphatic imine (C=N–C) groups is 1. The average Bonchev–Trinajstić information content (AvgIpc) is 3.36. The summed E-state index contributed by atoms with van der Waals surface area (Å²) in [5, 5.41) is 3.54. The Bertz CT molecular complexity index is 636. The molecule has 1 unspecified atom stereocenters. The van der Waals surface area contributed by atoms with Gasteiger partial charge in [0.05, 0.1) is 6.61 Å². The fourth-order valence-corrected chi connectivity index (χ4v) is 3.69. The third-order valence-corrected chi connectivity index (χ3v) is 5.24. The zero-order valence-electron chi connectivity index (χ0n) is 17.4. The molecule has 6 heteroatoms. The van der Waals surface area contributed by atoms with Gasteiger partial charge >= 0.3 is 0 Å². The number of ether oxygens (including phenoxy) is 1. The Morgan fingerprint density at radius 3 is 2.57 bits per heavy atom. The van der Waals surface area contributed by atoms with Crippen molar-refractivity contribution in [2.45, 2.75) is 32.7 Å². The van der Waals surface area contributed by atoms with Crippen LogP contribution in [0.15, 0.2) is 41.4 Å². The fraction of sp³-hybridized carbons (Fsp3) is 0.591. The van der Waals surface area contributed by atoms with Gasteiger partial charge in [-0.15, -0.1) is 24.0 Å². The molecule has 0 amide bonds. The Hall–Kier alpha value is -1.28. The number of rotatable bonds is 7. The van der Waals surface area contributed by atoms with E-state index >= 15 is 0 Å². The Labute approximate surface area is 187 Å². The van der Waals surface area contributed by atoms with Gasteiger partial charge in [-0.2, -0.15) is 0 Å². The molecular weight excluding hydrogens is 463 g/mol. The Morgan fingerprint density at radius 2 is 1.93 bits per heavy atom. The molecule has 3 rings (SSSR count). The van der Waals surface area contributed by atoms with E-state index < -0.39 is 0 Å². The summed E-state index contributed by atoms with van der Waals surface area (Å²) in [7, 11) is 1.88. The summed E-state index contributed by atoms with van der Waals surface area (Å²) in [6, 6.07) is 9.11. The summed E-state index contributed by atoms with van der Waals surface area (Å²) >= 11 is 0. The molecule has 5 nitrogen and oxygen atoms in total. The molecule has 0 aliphatic carbocycles. The molecule has 0 saturated carbocycles. The molecule has 0 radical (unpaired) electrons. The number of hydrogen-bond acceptors (Lipinski definition) is 3. The quantitative estimate of drug-likeness (QED) is 0.271. The third-order valence-electron chi connectivity index (χ3n) is 5.24. The molecule has 1 saturated heterocycles. The van der Waals surface area contributed by atoms with Crippen molar-refractivity contribution in [3.63, 3.8) is 0 Å². The largest absolute Gasteiger partial charge is 0.493 e. The van der Waals surface area contributed by atoms with E-state index in [2.05, 4.69) is 70.4 Å². The molecule has 0 spiro atoms. The highest BCUT2D eigenvalue weighted by Gasteiger charge is 2.29. The topological polar surface area (TPSA) is 40.1 Å². The zero-order valence-corrected chi connectivity index (χ0v) is 19.8. The van der Waals surface area contributed by atoms with E-state index in [-0.39, 0.29) is 24.0 Å². The minimum atomic E-state index is 0. The first kappa shape index (κ1) is 23.0. The summed E-state index contributed by atoms with van der Waals surface area (Å²) < 4.78 is 5.75. The summed E-state index contributed by atoms with van der Waals surface area (Å²) in [6.45, 7) is 10.3. The molecule has 1 N–H and O–H groups in total. The van der Waals surface area contributed by atoms with Crippen molar-refractivity contribution in [2.24, 2.45) is 10.9 Å². The zero-order chi connectivity index (χ0) is 19.1. The van der Waals surface area contributed by atoms with E-state index in [1.54, 1.807) is 0 Å². The number of likely N-dealkylation sites (tertiary alicyclic amines) is 1. The number of guanidine groups is 1. The number of nitrogens with one attached hydrogen (secondary N) is 1. The second-order valence-electron chi connectivity index (χ2n) is 7.89. The summed E-state index contributed by atoms with van der Waals surface area (Å²) in [5.74, 6) is 2.53. The molecule has 1 aromatic rings. The van der Waals surface area contributed by atoms with Crippen molar-refractivity contribution >= 4 is 29.9 Å². The standard InChI is InChI=1S/C22H34N4O.HI/c1-18(2)17-27-21-8-6-19(7-9-21)10-12-24-22(23-3)26-15-11-20(16-26)25-13-4-5-14-25;/h4-9,18,20H,10-17H2,1-3H3,(H,23,24);1H. The van der Waals surface area contributed by atoms with Crippen LogP contribution in [-0.2, 0) is 6.42 Å². The van der Waals surface area contributed by atoms with Crippen molar-refractivity contribution < 1.29 is 4.74 Å². The van der Waals surface area contributed by atoms with Crippen LogP contribution in [0.25, 0.3) is 0 Å². The average molecular weight is 498 g/mol. The van der Waals surface area contributed by atoms with E-state index in [1.807, 2.05) is 7.05 Å². The van der Waals surface area contributed by atoms with Crippen molar-refractivity contribution in [3.05, 3.63) is 42.0 Å². The van der Waals surface area contributed by atoms with E-state index in [0.717, 1.165) is 57.5 Å². The highest BCUT2D eigenvalue weighted by Crippen LogP contribution is 2.18. The van der Waals surface area contributed by atoms with E-state index in [4.69, 9.17) is 4.74 Å². The molecule has 2 aliphatic rings. The van der Waals surface area contributed by atoms with Gasteiger partial charge in [0.15, 0.2) is 5.96 Å². The van der Waals surface area contributed by atoms with Gasteiger partial charge in [0.2, 0.25) is 0 Å². The second-order valence-corrected chi connectivity index (χ2v) is 7.89. The van der Waals surface area contributed by atoms with Crippen LogP contribution in [0.5, 0.6) is 5.75 Å². The first-order valence-electron chi connectivity index (χ1n) is 10.2. The summed E-state index contributed by atoms with van der Waals surface area (Å²) in [5.41, 5.74) is 1.32. The van der Waals surface area contributed by atoms with Crippen LogP contribution in [0.4, 0.5) is 0 Å². The lowest BCUT2D eigenvalue weighted by atomic mass is 10.1. The Morgan fingerprint density at radius 1 is 1.21 bits per heavy atom. The Balaban J connectivity index is 0.00000280. The van der Waals surface area contributed by atoms with E-state index in [0.29, 0.717) is 12.0 Å². The highest BCUT2D eigenvalue weighted by molar-refractivity contribution is 14.0. The molecular formula is C22H35IN4O. The summed E-state index contributed by atoms with van der Waals surface area (Å²) in [4.78, 5) is 9.44. The molecule has 2 aliphatic heterocycles. The molecule has 1 atom stereocenters. The number of hydrogen-bond donors (Lipinski definition) is 1. The second kappa shape index (κ2) is 11.7. The maximum absolute atomic E-state index is 5.75. The molecule has 0 aromatic heterocycles. The van der Waals surface area contributed by atoms with Gasteiger partial charge in [-0.3, -0.25) is 9.89 Å². The van der Waals surface area contributed by atoms with Gasteiger partial charge in [0.1, 0.15) is 5.75 Å². The predicted octanol–water partition coefficient (Wildman–Crippen LogP) is 3.40. The van der Waals surface area contributed by atoms with Gasteiger partial charge in [-0.25, -0.2) is 0 Å². The van der Waals surface area contributed by atoms with Crippen LogP contribution in [-0.4, -0.2) is 68.2 Å². The van der Waals surface area contributed by atoms with Crippen molar-refractivity contribution in [1.82, 2.24) is 15.1 Å². The maximum atomic E-state index is 5.75. The van der Waals surface area contributed by atoms with Crippen molar-refractivity contribution in [1.29, 1.82) is 0 Å². The van der Waals surface area contributed by atoms with E-state index in [1.165, 1.54) is 12.0 Å². The minimum absolute atomic E-state index is 0. The molecule has 156 valence electrons. The molecule has 28 heavy (non-hydrogen) atoms. The highest BCUT2D eigenvalue weighted by atomic mass is 127. The molecule has 1 fully saturated rings. The van der Waals surface area contributed by atoms with Gasteiger partial charge in [0, 0.05) is 45.8 Å². The van der Waals surface area contributed by atoms with Crippen LogP contribution < -0.4 is 10.1 Å². The third kappa shape index (κ3) is 6.65. The molecule has 1 aromatic carbocycles. The number of halogens is 1. The van der Waals surface area contributed by atoms with Gasteiger partial charge < -0.3 is 15.0 Å². The number of nitrogens with zero attached hydrogens (tertiary/aromatic N) is 3. The lowest BCUT2D eigenvalue weighted by Crippen LogP contribution is -2.43. The van der Waals surface area contributed by atoms with Gasteiger partial charge in [0.25, 0.3) is 0 Å². The normalized spacial score (nSPS) is 19.9. The van der Waals surface area contributed by atoms with Crippen LogP contribution in [0.2, 0.25) is 0 Å². The van der Waals surface area contributed by atoms with Crippen LogP contribution >= 0.6 is 24.0 Å². The minimum Gasteiger partial charge on any atom is -0.493 e. The van der Waals surface area contributed by atoms with Gasteiger partial charge in [-0.05, 0) is 36.5 Å². The molecule has 0 bridgehead atoms. The van der Waals surface area contributed by atoms with Gasteiger partial charge in [-0.1, -0.05) is 38.1 Å². The van der Waals surface area contributed by atoms with E-state index in [9.17, 15) is 0 Å². The van der Waals surface area contributed by atoms with Crippen LogP contribution in [0, 0.1) is 5.92 Å². The fourth-order valence-electron chi connectivity index (χ4n) is 3.69. The SMILES string of the molecule is CN=C(NCCc1ccc(OCC(C)C)cc1)N1CCC(N2CC=CC2)C1.I. The maximum Gasteiger partial charge on any atom is 0.193 e. The molecule has 2 heterocycles. The van der Waals surface area contributed by atoms with Crippen LogP contribution in [0.3, 0.4) is 0 Å². The van der Waals surface area contributed by atoms with Crippen molar-refractivity contribution in [2.75, 3.05) is 46.4 Å². The van der Waals surface area contributed by atoms with Crippen LogP contribution in [0.1, 0.15) is 25.8 Å². The van der Waals surface area contributed by atoms with Crippen molar-refractivity contribution in [3.8, 4) is 5.75 Å². The Kier molecular flexibility index (Phi) is 9.58. The lowest BCUT2D eigenvalue weighted by Gasteiger charge is -2.25. The first-order valence-corrected chi connectivity index (χ1v) is 10.2. The lowest BCUT2D eigenvalue weighted by molar-refractivity contribution is 0.259.